The van der Waals surface area contributed by atoms with Crippen LogP contribution in [0, 0.1) is 6.92 Å². The van der Waals surface area contributed by atoms with E-state index in [9.17, 15) is 0 Å². The maximum atomic E-state index is 3.19. The van der Waals surface area contributed by atoms with Crippen molar-refractivity contribution < 1.29 is 0 Å². The second kappa shape index (κ2) is 5.51. The van der Waals surface area contributed by atoms with E-state index in [1.807, 2.05) is 7.05 Å². The van der Waals surface area contributed by atoms with Crippen LogP contribution in [0.3, 0.4) is 0 Å². The highest BCUT2D eigenvalue weighted by molar-refractivity contribution is 5.81. The van der Waals surface area contributed by atoms with Crippen molar-refractivity contribution >= 4 is 10.9 Å². The summed E-state index contributed by atoms with van der Waals surface area (Å²) in [4.78, 5) is 0. The van der Waals surface area contributed by atoms with Gasteiger partial charge in [0.25, 0.3) is 0 Å². The third-order valence-corrected chi connectivity index (χ3v) is 3.69. The first-order valence-electron chi connectivity index (χ1n) is 7.04. The molecule has 102 valence electrons. The van der Waals surface area contributed by atoms with Crippen molar-refractivity contribution in [3.05, 3.63) is 71.4 Å². The van der Waals surface area contributed by atoms with Gasteiger partial charge < -0.3 is 9.88 Å². The molecular weight excluding hydrogens is 244 g/mol. The van der Waals surface area contributed by atoms with E-state index in [1.165, 1.54) is 27.6 Å². The Bertz CT molecular complexity index is 708. The number of aromatic nitrogens is 1. The van der Waals surface area contributed by atoms with E-state index in [0.717, 1.165) is 13.1 Å². The monoisotopic (exact) mass is 264 g/mol. The van der Waals surface area contributed by atoms with E-state index < -0.39 is 0 Å². The lowest BCUT2D eigenvalue weighted by Gasteiger charge is -2.07. The molecule has 0 aliphatic carbocycles. The zero-order chi connectivity index (χ0) is 13.9. The molecule has 0 aliphatic rings. The molecule has 1 N–H and O–H groups in total. The molecule has 0 saturated heterocycles. The normalized spacial score (nSPS) is 11.1. The van der Waals surface area contributed by atoms with Crippen LogP contribution >= 0.6 is 0 Å². The van der Waals surface area contributed by atoms with Gasteiger partial charge in [0.1, 0.15) is 0 Å². The van der Waals surface area contributed by atoms with Crippen molar-refractivity contribution in [3.63, 3.8) is 0 Å². The first-order valence-corrected chi connectivity index (χ1v) is 7.04. The molecule has 2 nitrogen and oxygen atoms in total. The number of nitrogens with zero attached hydrogens (tertiary/aromatic N) is 1. The smallest absolute Gasteiger partial charge is 0.0483 e. The third-order valence-electron chi connectivity index (χ3n) is 3.69. The fraction of sp³-hybridized carbons (Fsp3) is 0.222. The fourth-order valence-corrected chi connectivity index (χ4v) is 2.59. The predicted molar refractivity (Wildman–Crippen MR) is 85.0 cm³/mol. The Morgan fingerprint density at radius 1 is 0.950 bits per heavy atom. The van der Waals surface area contributed by atoms with Gasteiger partial charge in [0, 0.05) is 24.8 Å². The highest BCUT2D eigenvalue weighted by Gasteiger charge is 2.03. The molecule has 1 heterocycles. The van der Waals surface area contributed by atoms with E-state index in [2.05, 4.69) is 71.5 Å². The minimum Gasteiger partial charge on any atom is -0.343 e. The van der Waals surface area contributed by atoms with Gasteiger partial charge in [0.05, 0.1) is 0 Å². The fourth-order valence-electron chi connectivity index (χ4n) is 2.59. The van der Waals surface area contributed by atoms with Crippen molar-refractivity contribution in [2.75, 3.05) is 7.05 Å². The van der Waals surface area contributed by atoms with Crippen molar-refractivity contribution in [1.29, 1.82) is 0 Å². The highest BCUT2D eigenvalue weighted by Crippen LogP contribution is 2.19. The molecule has 0 unspecified atom stereocenters. The number of fused-ring (bicyclic) bond motifs is 1. The van der Waals surface area contributed by atoms with Gasteiger partial charge in [-0.15, -0.1) is 0 Å². The number of hydrogen-bond acceptors (Lipinski definition) is 1. The molecule has 0 spiro atoms. The van der Waals surface area contributed by atoms with Crippen LogP contribution in [0.4, 0.5) is 0 Å². The second-order valence-corrected chi connectivity index (χ2v) is 5.35. The Labute approximate surface area is 120 Å². The molecule has 0 bridgehead atoms. The minimum absolute atomic E-state index is 0.916. The van der Waals surface area contributed by atoms with Gasteiger partial charge in [-0.3, -0.25) is 0 Å². The molecule has 0 fully saturated rings. The zero-order valence-corrected chi connectivity index (χ0v) is 12.1. The SMILES string of the molecule is CNCc1ccc2c(ccn2Cc2ccc(C)cc2)c1. The molecule has 2 aromatic carbocycles. The molecule has 0 aliphatic heterocycles. The average molecular weight is 264 g/mol. The summed E-state index contributed by atoms with van der Waals surface area (Å²) in [6.07, 6.45) is 2.17. The van der Waals surface area contributed by atoms with E-state index in [0.29, 0.717) is 0 Å². The molecule has 1 aromatic heterocycles. The van der Waals surface area contributed by atoms with Crippen molar-refractivity contribution in [1.82, 2.24) is 9.88 Å². The number of hydrogen-bond donors (Lipinski definition) is 1. The lowest BCUT2D eigenvalue weighted by molar-refractivity contribution is 0.817. The molecule has 20 heavy (non-hydrogen) atoms. The lowest BCUT2D eigenvalue weighted by atomic mass is 10.1. The molecule has 0 saturated carbocycles. The molecule has 3 aromatic rings. The maximum absolute atomic E-state index is 3.19. The zero-order valence-electron chi connectivity index (χ0n) is 12.1. The summed E-state index contributed by atoms with van der Waals surface area (Å²) in [5.74, 6) is 0. The highest BCUT2D eigenvalue weighted by atomic mass is 14.9. The van der Waals surface area contributed by atoms with Crippen molar-refractivity contribution in [3.8, 4) is 0 Å². The lowest BCUT2D eigenvalue weighted by Crippen LogP contribution is -2.04. The number of rotatable bonds is 4. The van der Waals surface area contributed by atoms with Gasteiger partial charge in [-0.05, 0) is 48.7 Å². The Balaban J connectivity index is 1.90. The first kappa shape index (κ1) is 12.9. The molecule has 2 heteroatoms. The number of benzene rings is 2. The quantitative estimate of drug-likeness (QED) is 0.760. The number of aryl methyl sites for hydroxylation is 1. The van der Waals surface area contributed by atoms with Crippen LogP contribution in [0.25, 0.3) is 10.9 Å². The van der Waals surface area contributed by atoms with E-state index in [1.54, 1.807) is 0 Å². The van der Waals surface area contributed by atoms with E-state index in [-0.39, 0.29) is 0 Å². The summed E-state index contributed by atoms with van der Waals surface area (Å²) in [5, 5.41) is 4.50. The topological polar surface area (TPSA) is 17.0 Å². The van der Waals surface area contributed by atoms with Gasteiger partial charge in [0.2, 0.25) is 0 Å². The summed E-state index contributed by atoms with van der Waals surface area (Å²) in [5.41, 5.74) is 5.27. The van der Waals surface area contributed by atoms with Gasteiger partial charge >= 0.3 is 0 Å². The van der Waals surface area contributed by atoms with Gasteiger partial charge in [-0.25, -0.2) is 0 Å². The molecule has 0 radical (unpaired) electrons. The molecule has 3 rings (SSSR count). The van der Waals surface area contributed by atoms with Crippen LogP contribution < -0.4 is 5.32 Å². The Morgan fingerprint density at radius 2 is 1.70 bits per heavy atom. The Morgan fingerprint density at radius 3 is 2.45 bits per heavy atom. The van der Waals surface area contributed by atoms with E-state index in [4.69, 9.17) is 0 Å². The Hall–Kier alpha value is -2.06. The summed E-state index contributed by atoms with van der Waals surface area (Å²) in [6.45, 7) is 3.96. The van der Waals surface area contributed by atoms with Crippen LogP contribution in [0.5, 0.6) is 0 Å². The van der Waals surface area contributed by atoms with Crippen molar-refractivity contribution in [2.45, 2.75) is 20.0 Å². The second-order valence-electron chi connectivity index (χ2n) is 5.35. The Kier molecular flexibility index (Phi) is 3.57. The van der Waals surface area contributed by atoms with Crippen LogP contribution in [0.2, 0.25) is 0 Å². The molecule has 0 amide bonds. The largest absolute Gasteiger partial charge is 0.343 e. The van der Waals surface area contributed by atoms with Crippen LogP contribution in [-0.4, -0.2) is 11.6 Å². The molecular formula is C18H20N2. The number of nitrogens with one attached hydrogen (secondary N) is 1. The summed E-state index contributed by atoms with van der Waals surface area (Å²) in [6, 6.07) is 17.6. The van der Waals surface area contributed by atoms with Gasteiger partial charge in [0.15, 0.2) is 0 Å². The minimum atomic E-state index is 0.916. The van der Waals surface area contributed by atoms with E-state index >= 15 is 0 Å². The summed E-state index contributed by atoms with van der Waals surface area (Å²) < 4.78 is 2.31. The summed E-state index contributed by atoms with van der Waals surface area (Å²) in [7, 11) is 1.98. The van der Waals surface area contributed by atoms with Crippen LogP contribution in [0.1, 0.15) is 16.7 Å². The standard InChI is InChI=1S/C18H20N2/c1-14-3-5-15(6-4-14)13-20-10-9-17-11-16(12-19-2)7-8-18(17)20/h3-11,19H,12-13H2,1-2H3. The van der Waals surface area contributed by atoms with Gasteiger partial charge in [-0.2, -0.15) is 0 Å². The van der Waals surface area contributed by atoms with Gasteiger partial charge in [-0.1, -0.05) is 35.9 Å². The van der Waals surface area contributed by atoms with Crippen LogP contribution in [-0.2, 0) is 13.1 Å². The maximum Gasteiger partial charge on any atom is 0.0483 e. The molecule has 0 atom stereocenters. The average Bonchev–Trinajstić information content (AvgIpc) is 2.84. The van der Waals surface area contributed by atoms with Crippen molar-refractivity contribution in [2.24, 2.45) is 0 Å². The van der Waals surface area contributed by atoms with Crippen LogP contribution in [0.15, 0.2) is 54.7 Å². The predicted octanol–water partition coefficient (Wildman–Crippen LogP) is 3.72. The summed E-state index contributed by atoms with van der Waals surface area (Å²) >= 11 is 0. The first-order chi connectivity index (χ1) is 9.76. The third kappa shape index (κ3) is 2.61.